The first-order valence-electron chi connectivity index (χ1n) is 8.60. The maximum Gasteiger partial charge on any atom is 0.253 e. The zero-order chi connectivity index (χ0) is 16.4. The number of likely N-dealkylation sites (tertiary alicyclic amines) is 1. The van der Waals surface area contributed by atoms with Crippen molar-refractivity contribution in [1.82, 2.24) is 9.88 Å². The number of fused-ring (bicyclic) bond motifs is 1. The van der Waals surface area contributed by atoms with Crippen LogP contribution in [0.4, 0.5) is 0 Å². The number of aryl methyl sites for hydroxylation is 2. The fourth-order valence-corrected chi connectivity index (χ4v) is 3.32. The van der Waals surface area contributed by atoms with Crippen LogP contribution in [0.25, 0.3) is 10.9 Å². The highest BCUT2D eigenvalue weighted by atomic mass is 16.5. The van der Waals surface area contributed by atoms with Gasteiger partial charge >= 0.3 is 0 Å². The summed E-state index contributed by atoms with van der Waals surface area (Å²) in [5.74, 6) is 0.120. The summed E-state index contributed by atoms with van der Waals surface area (Å²) in [5.41, 5.74) is 4.25. The number of rotatable bonds is 4. The molecule has 1 atom stereocenters. The monoisotopic (exact) mass is 314 g/mol. The molecule has 1 aromatic carbocycles. The second-order valence-electron chi connectivity index (χ2n) is 6.52. The van der Waals surface area contributed by atoms with Gasteiger partial charge in [-0.05, 0) is 56.9 Å². The lowest BCUT2D eigenvalue weighted by Crippen LogP contribution is -2.43. The second-order valence-corrected chi connectivity index (χ2v) is 6.52. The average molecular weight is 314 g/mol. The number of ether oxygens (including phenoxy) is 1. The van der Waals surface area contributed by atoms with Gasteiger partial charge in [-0.15, -0.1) is 0 Å². The van der Waals surface area contributed by atoms with Gasteiger partial charge in [-0.25, -0.2) is 0 Å². The number of hydrogen-bond donors (Lipinski definition) is 1. The zero-order valence-corrected chi connectivity index (χ0v) is 14.3. The number of piperidine rings is 1. The van der Waals surface area contributed by atoms with E-state index in [-0.39, 0.29) is 12.0 Å². The zero-order valence-electron chi connectivity index (χ0n) is 14.3. The van der Waals surface area contributed by atoms with Crippen molar-refractivity contribution >= 4 is 16.8 Å². The van der Waals surface area contributed by atoms with Crippen LogP contribution in [0.2, 0.25) is 0 Å². The van der Waals surface area contributed by atoms with Gasteiger partial charge in [0, 0.05) is 41.9 Å². The molecule has 1 amide bonds. The molecule has 3 rings (SSSR count). The molecular weight excluding hydrogens is 288 g/mol. The summed E-state index contributed by atoms with van der Waals surface area (Å²) >= 11 is 0. The van der Waals surface area contributed by atoms with Gasteiger partial charge in [0.25, 0.3) is 5.91 Å². The summed E-state index contributed by atoms with van der Waals surface area (Å²) in [5, 5.41) is 1.14. The van der Waals surface area contributed by atoms with Crippen LogP contribution in [0.3, 0.4) is 0 Å². The molecule has 4 nitrogen and oxygen atoms in total. The van der Waals surface area contributed by atoms with Gasteiger partial charge in [0.05, 0.1) is 6.10 Å². The fraction of sp³-hybridized carbons (Fsp3) is 0.526. The van der Waals surface area contributed by atoms with E-state index in [0.29, 0.717) is 6.54 Å². The number of aromatic nitrogens is 1. The first-order chi connectivity index (χ1) is 11.1. The highest BCUT2D eigenvalue weighted by Gasteiger charge is 2.25. The van der Waals surface area contributed by atoms with Gasteiger partial charge in [-0.3, -0.25) is 4.79 Å². The predicted molar refractivity (Wildman–Crippen MR) is 92.9 cm³/mol. The summed E-state index contributed by atoms with van der Waals surface area (Å²) in [6.45, 7) is 8.59. The Balaban J connectivity index is 1.78. The summed E-state index contributed by atoms with van der Waals surface area (Å²) in [6.07, 6.45) is 3.28. The third kappa shape index (κ3) is 3.27. The topological polar surface area (TPSA) is 45.3 Å². The lowest BCUT2D eigenvalue weighted by Gasteiger charge is -2.32. The molecule has 1 fully saturated rings. The van der Waals surface area contributed by atoms with Crippen molar-refractivity contribution in [3.05, 3.63) is 35.0 Å². The molecule has 0 bridgehead atoms. The largest absolute Gasteiger partial charge is 0.376 e. The van der Waals surface area contributed by atoms with Crippen molar-refractivity contribution in [2.24, 2.45) is 0 Å². The van der Waals surface area contributed by atoms with Gasteiger partial charge in [0.1, 0.15) is 0 Å². The molecule has 23 heavy (non-hydrogen) atoms. The Morgan fingerprint density at radius 2 is 2.22 bits per heavy atom. The number of carbonyl (C=O) groups is 1. The molecule has 1 aromatic heterocycles. The summed E-state index contributed by atoms with van der Waals surface area (Å²) in [6, 6.07) is 5.96. The Bertz CT molecular complexity index is 705. The van der Waals surface area contributed by atoms with E-state index in [9.17, 15) is 4.79 Å². The van der Waals surface area contributed by atoms with Crippen LogP contribution >= 0.6 is 0 Å². The lowest BCUT2D eigenvalue weighted by molar-refractivity contribution is 0.00212. The van der Waals surface area contributed by atoms with E-state index in [2.05, 4.69) is 25.8 Å². The molecule has 1 aliphatic heterocycles. The van der Waals surface area contributed by atoms with Crippen molar-refractivity contribution in [3.63, 3.8) is 0 Å². The molecule has 124 valence electrons. The van der Waals surface area contributed by atoms with Crippen LogP contribution in [0.5, 0.6) is 0 Å². The fourth-order valence-electron chi connectivity index (χ4n) is 3.32. The quantitative estimate of drug-likeness (QED) is 0.932. The Morgan fingerprint density at radius 3 is 3.00 bits per heavy atom. The summed E-state index contributed by atoms with van der Waals surface area (Å²) < 4.78 is 5.84. The van der Waals surface area contributed by atoms with Crippen molar-refractivity contribution in [1.29, 1.82) is 0 Å². The Kier molecular flexibility index (Phi) is 4.71. The molecular formula is C19H26N2O2. The van der Waals surface area contributed by atoms with E-state index >= 15 is 0 Å². The van der Waals surface area contributed by atoms with Crippen molar-refractivity contribution < 1.29 is 9.53 Å². The number of H-pyrrole nitrogens is 1. The van der Waals surface area contributed by atoms with E-state index in [1.54, 1.807) is 0 Å². The molecule has 4 heteroatoms. The van der Waals surface area contributed by atoms with Crippen molar-refractivity contribution in [2.45, 2.75) is 46.1 Å². The normalized spacial score (nSPS) is 18.6. The highest BCUT2D eigenvalue weighted by Crippen LogP contribution is 2.24. The Labute approximate surface area is 137 Å². The van der Waals surface area contributed by atoms with Gasteiger partial charge < -0.3 is 14.6 Å². The number of carbonyl (C=O) groups excluding carboxylic acids is 1. The average Bonchev–Trinajstić information content (AvgIpc) is 2.86. The molecule has 1 saturated heterocycles. The van der Waals surface area contributed by atoms with E-state index in [4.69, 9.17) is 4.74 Å². The predicted octanol–water partition coefficient (Wildman–Crippen LogP) is 3.82. The van der Waals surface area contributed by atoms with Crippen molar-refractivity contribution in [3.8, 4) is 0 Å². The molecule has 1 aliphatic rings. The summed E-state index contributed by atoms with van der Waals surface area (Å²) in [7, 11) is 0. The van der Waals surface area contributed by atoms with Crippen LogP contribution in [-0.2, 0) is 4.74 Å². The molecule has 2 heterocycles. The van der Waals surface area contributed by atoms with E-state index in [0.717, 1.165) is 54.6 Å². The number of aromatic amines is 1. The van der Waals surface area contributed by atoms with Gasteiger partial charge in [-0.1, -0.05) is 6.92 Å². The number of nitrogens with one attached hydrogen (secondary N) is 1. The first-order valence-corrected chi connectivity index (χ1v) is 8.60. The number of nitrogens with zero attached hydrogens (tertiary/aromatic N) is 1. The lowest BCUT2D eigenvalue weighted by atomic mass is 10.0. The number of hydrogen-bond acceptors (Lipinski definition) is 2. The highest BCUT2D eigenvalue weighted by molar-refractivity contribution is 5.99. The number of benzene rings is 1. The smallest absolute Gasteiger partial charge is 0.253 e. The molecule has 0 saturated carbocycles. The van der Waals surface area contributed by atoms with Gasteiger partial charge in [0.2, 0.25) is 0 Å². The van der Waals surface area contributed by atoms with Gasteiger partial charge in [0.15, 0.2) is 0 Å². The molecule has 1 N–H and O–H groups in total. The third-order valence-corrected chi connectivity index (χ3v) is 4.78. The van der Waals surface area contributed by atoms with Crippen LogP contribution < -0.4 is 0 Å². The van der Waals surface area contributed by atoms with E-state index in [1.165, 1.54) is 5.56 Å². The standard InChI is InChI=1S/C19H26N2O2/c1-4-10-23-16-6-5-9-21(12-16)19(22)15-7-8-18-17(11-15)13(2)14(3)20-18/h7-8,11,16,20H,4-6,9-10,12H2,1-3H3/t16-/m0/s1. The summed E-state index contributed by atoms with van der Waals surface area (Å²) in [4.78, 5) is 18.1. The van der Waals surface area contributed by atoms with E-state index < -0.39 is 0 Å². The van der Waals surface area contributed by atoms with Crippen LogP contribution in [0, 0.1) is 13.8 Å². The van der Waals surface area contributed by atoms with Crippen LogP contribution in [-0.4, -0.2) is 41.6 Å². The van der Waals surface area contributed by atoms with Gasteiger partial charge in [-0.2, -0.15) is 0 Å². The first kappa shape index (κ1) is 16.1. The molecule has 0 spiro atoms. The molecule has 2 aromatic rings. The maximum absolute atomic E-state index is 12.8. The van der Waals surface area contributed by atoms with Crippen molar-refractivity contribution in [2.75, 3.05) is 19.7 Å². The molecule has 0 radical (unpaired) electrons. The molecule has 0 aliphatic carbocycles. The second kappa shape index (κ2) is 6.75. The minimum Gasteiger partial charge on any atom is -0.376 e. The SMILES string of the molecule is CCCO[C@H]1CCCN(C(=O)c2ccc3[nH]c(C)c(C)c3c2)C1. The molecule has 0 unspecified atom stereocenters. The Morgan fingerprint density at radius 1 is 1.39 bits per heavy atom. The third-order valence-electron chi connectivity index (χ3n) is 4.78. The minimum atomic E-state index is 0.120. The van der Waals surface area contributed by atoms with Crippen LogP contribution in [0.1, 0.15) is 47.8 Å². The maximum atomic E-state index is 12.8. The Hall–Kier alpha value is -1.81. The minimum absolute atomic E-state index is 0.120. The number of amides is 1. The van der Waals surface area contributed by atoms with E-state index in [1.807, 2.05) is 23.1 Å². The van der Waals surface area contributed by atoms with Crippen LogP contribution in [0.15, 0.2) is 18.2 Å².